The van der Waals surface area contributed by atoms with Gasteiger partial charge in [-0.25, -0.2) is 4.68 Å². The summed E-state index contributed by atoms with van der Waals surface area (Å²) in [6.45, 7) is 8.31. The van der Waals surface area contributed by atoms with Crippen molar-refractivity contribution in [2.24, 2.45) is 5.41 Å². The molecule has 1 spiro atoms. The first-order valence-electron chi connectivity index (χ1n) is 9.12. The number of rotatable bonds is 3. The summed E-state index contributed by atoms with van der Waals surface area (Å²) in [6.07, 6.45) is 4.58. The number of hydrogen-bond acceptors (Lipinski definition) is 6. The number of ether oxygens (including phenoxy) is 1. The summed E-state index contributed by atoms with van der Waals surface area (Å²) in [5.74, 6) is 0.120. The predicted molar refractivity (Wildman–Crippen MR) is 90.5 cm³/mol. The van der Waals surface area contributed by atoms with E-state index in [4.69, 9.17) is 4.74 Å². The first kappa shape index (κ1) is 18.3. The highest BCUT2D eigenvalue weighted by Crippen LogP contribution is 2.42. The topological polar surface area (TPSA) is 93.4 Å². The Labute approximate surface area is 148 Å². The fourth-order valence-electron chi connectivity index (χ4n) is 3.82. The molecule has 25 heavy (non-hydrogen) atoms. The third kappa shape index (κ3) is 4.36. The van der Waals surface area contributed by atoms with Crippen molar-refractivity contribution >= 4 is 5.91 Å². The van der Waals surface area contributed by atoms with Gasteiger partial charge in [-0.3, -0.25) is 4.79 Å². The van der Waals surface area contributed by atoms with Crippen molar-refractivity contribution < 1.29 is 14.6 Å². The van der Waals surface area contributed by atoms with Gasteiger partial charge in [-0.05, 0) is 28.7 Å². The number of aryl methyl sites for hydroxylation is 1. The Kier molecular flexibility index (Phi) is 5.11. The molecule has 2 aliphatic rings. The van der Waals surface area contributed by atoms with Crippen LogP contribution in [0.3, 0.4) is 0 Å². The monoisotopic (exact) mass is 351 g/mol. The van der Waals surface area contributed by atoms with Gasteiger partial charge >= 0.3 is 0 Å². The zero-order valence-electron chi connectivity index (χ0n) is 15.4. The number of carbonyl (C=O) groups excluding carboxylic acids is 1. The van der Waals surface area contributed by atoms with Crippen LogP contribution in [0.2, 0.25) is 0 Å². The molecule has 140 valence electrons. The van der Waals surface area contributed by atoms with Crippen LogP contribution in [0.15, 0.2) is 6.33 Å². The lowest BCUT2D eigenvalue weighted by atomic mass is 9.76. The Hall–Kier alpha value is -1.54. The van der Waals surface area contributed by atoms with Crippen molar-refractivity contribution in [2.45, 2.75) is 77.2 Å². The number of tetrazole rings is 1. The third-order valence-corrected chi connectivity index (χ3v) is 5.43. The highest BCUT2D eigenvalue weighted by molar-refractivity contribution is 5.76. The molecule has 3 rings (SSSR count). The lowest BCUT2D eigenvalue weighted by molar-refractivity contribution is -0.207. The highest BCUT2D eigenvalue weighted by atomic mass is 16.5. The van der Waals surface area contributed by atoms with E-state index in [2.05, 4.69) is 36.3 Å². The molecule has 0 unspecified atom stereocenters. The van der Waals surface area contributed by atoms with Crippen LogP contribution in [-0.2, 0) is 16.1 Å². The number of hydrogen-bond donors (Lipinski definition) is 1. The van der Waals surface area contributed by atoms with Gasteiger partial charge < -0.3 is 14.7 Å². The van der Waals surface area contributed by atoms with Crippen molar-refractivity contribution in [3.05, 3.63) is 6.33 Å². The smallest absolute Gasteiger partial charge is 0.224 e. The van der Waals surface area contributed by atoms with Crippen LogP contribution >= 0.6 is 0 Å². The van der Waals surface area contributed by atoms with Crippen LogP contribution in [0.4, 0.5) is 0 Å². The Morgan fingerprint density at radius 1 is 1.36 bits per heavy atom. The first-order chi connectivity index (χ1) is 11.8. The molecule has 8 heteroatoms. The number of amides is 1. The van der Waals surface area contributed by atoms with Crippen LogP contribution in [0, 0.1) is 5.41 Å². The summed E-state index contributed by atoms with van der Waals surface area (Å²) >= 11 is 0. The van der Waals surface area contributed by atoms with Gasteiger partial charge in [0.25, 0.3) is 0 Å². The molecule has 8 nitrogen and oxygen atoms in total. The molecular formula is C17H29N5O3. The standard InChI is InChI=1S/C17H29N5O3/c1-16(2,3)14-10-13(23)11-17(25-14)5-8-21(9-6-17)15(24)4-7-22-12-18-19-20-22/h12-14,23H,4-11H2,1-3H3/t13-,14-/m1/s1. The predicted octanol–water partition coefficient (Wildman–Crippen LogP) is 1.01. The van der Waals surface area contributed by atoms with E-state index < -0.39 is 0 Å². The van der Waals surface area contributed by atoms with E-state index in [0.29, 0.717) is 38.9 Å². The molecule has 2 fully saturated rings. The molecule has 0 bridgehead atoms. The molecule has 1 amide bonds. The van der Waals surface area contributed by atoms with Gasteiger partial charge in [-0.2, -0.15) is 0 Å². The Bertz CT molecular complexity index is 576. The maximum Gasteiger partial charge on any atom is 0.224 e. The number of aliphatic hydroxyl groups excluding tert-OH is 1. The maximum absolute atomic E-state index is 12.4. The minimum atomic E-state index is -0.319. The number of aromatic nitrogens is 4. The lowest BCUT2D eigenvalue weighted by Crippen LogP contribution is -2.55. The number of carbonyl (C=O) groups is 1. The minimum absolute atomic E-state index is 0.00713. The quantitative estimate of drug-likeness (QED) is 0.873. The van der Waals surface area contributed by atoms with Gasteiger partial charge in [-0.1, -0.05) is 20.8 Å². The van der Waals surface area contributed by atoms with Gasteiger partial charge in [-0.15, -0.1) is 5.10 Å². The van der Waals surface area contributed by atoms with Crippen LogP contribution in [0.1, 0.15) is 52.9 Å². The SMILES string of the molecule is CC(C)(C)[C@H]1C[C@@H](O)CC2(CCN(C(=O)CCn3cnnn3)CC2)O1. The van der Waals surface area contributed by atoms with E-state index in [1.54, 1.807) is 4.68 Å². The zero-order valence-corrected chi connectivity index (χ0v) is 15.4. The number of nitrogens with zero attached hydrogens (tertiary/aromatic N) is 5. The van der Waals surface area contributed by atoms with E-state index in [1.165, 1.54) is 6.33 Å². The van der Waals surface area contributed by atoms with Crippen LogP contribution in [0.5, 0.6) is 0 Å². The van der Waals surface area contributed by atoms with Gasteiger partial charge in [0.1, 0.15) is 6.33 Å². The normalized spacial score (nSPS) is 26.8. The molecule has 0 aliphatic carbocycles. The van der Waals surface area contributed by atoms with Crippen molar-refractivity contribution in [3.8, 4) is 0 Å². The van der Waals surface area contributed by atoms with Crippen LogP contribution in [0.25, 0.3) is 0 Å². The largest absolute Gasteiger partial charge is 0.393 e. The van der Waals surface area contributed by atoms with Gasteiger partial charge in [0.2, 0.25) is 5.91 Å². The Morgan fingerprint density at radius 3 is 2.68 bits per heavy atom. The summed E-state index contributed by atoms with van der Waals surface area (Å²) in [7, 11) is 0. The molecule has 2 atom stereocenters. The van der Waals surface area contributed by atoms with E-state index in [1.807, 2.05) is 4.90 Å². The third-order valence-electron chi connectivity index (χ3n) is 5.43. The molecule has 2 saturated heterocycles. The van der Waals surface area contributed by atoms with Gasteiger partial charge in [0.15, 0.2) is 0 Å². The number of piperidine rings is 1. The molecule has 1 aromatic rings. The fourth-order valence-corrected chi connectivity index (χ4v) is 3.82. The molecule has 1 N–H and O–H groups in total. The number of aliphatic hydroxyl groups is 1. The van der Waals surface area contributed by atoms with Crippen molar-refractivity contribution in [1.82, 2.24) is 25.1 Å². The van der Waals surface area contributed by atoms with Crippen LogP contribution < -0.4 is 0 Å². The molecule has 2 aliphatic heterocycles. The summed E-state index contributed by atoms with van der Waals surface area (Å²) in [5, 5.41) is 21.3. The fraction of sp³-hybridized carbons (Fsp3) is 0.882. The minimum Gasteiger partial charge on any atom is -0.393 e. The second-order valence-electron chi connectivity index (χ2n) is 8.45. The van der Waals surface area contributed by atoms with E-state index in [9.17, 15) is 9.90 Å². The summed E-state index contributed by atoms with van der Waals surface area (Å²) in [5.41, 5.74) is -0.282. The molecule has 0 saturated carbocycles. The van der Waals surface area contributed by atoms with Crippen molar-refractivity contribution in [1.29, 1.82) is 0 Å². The lowest BCUT2D eigenvalue weighted by Gasteiger charge is -2.50. The molecule has 3 heterocycles. The van der Waals surface area contributed by atoms with E-state index in [0.717, 1.165) is 12.8 Å². The molecule has 0 radical (unpaired) electrons. The Balaban J connectivity index is 1.54. The van der Waals surface area contributed by atoms with Gasteiger partial charge in [0.05, 0.1) is 24.4 Å². The first-order valence-corrected chi connectivity index (χ1v) is 9.12. The highest BCUT2D eigenvalue weighted by Gasteiger charge is 2.46. The number of likely N-dealkylation sites (tertiary alicyclic amines) is 1. The summed E-state index contributed by atoms with van der Waals surface area (Å²) < 4.78 is 8.04. The second kappa shape index (κ2) is 6.99. The van der Waals surface area contributed by atoms with E-state index >= 15 is 0 Å². The Morgan fingerprint density at radius 2 is 2.08 bits per heavy atom. The maximum atomic E-state index is 12.4. The van der Waals surface area contributed by atoms with E-state index in [-0.39, 0.29) is 29.1 Å². The summed E-state index contributed by atoms with van der Waals surface area (Å²) in [6, 6.07) is 0. The summed E-state index contributed by atoms with van der Waals surface area (Å²) in [4.78, 5) is 14.3. The molecule has 0 aromatic carbocycles. The molecular weight excluding hydrogens is 322 g/mol. The van der Waals surface area contributed by atoms with Crippen molar-refractivity contribution in [2.75, 3.05) is 13.1 Å². The molecule has 1 aromatic heterocycles. The average molecular weight is 351 g/mol. The van der Waals surface area contributed by atoms with Crippen molar-refractivity contribution in [3.63, 3.8) is 0 Å². The van der Waals surface area contributed by atoms with Gasteiger partial charge in [0, 0.05) is 32.4 Å². The second-order valence-corrected chi connectivity index (χ2v) is 8.45. The van der Waals surface area contributed by atoms with Crippen LogP contribution in [-0.4, -0.2) is 67.0 Å². The average Bonchev–Trinajstić information content (AvgIpc) is 3.05. The zero-order chi connectivity index (χ0) is 18.1.